The van der Waals surface area contributed by atoms with Crippen molar-refractivity contribution in [2.75, 3.05) is 11.4 Å². The van der Waals surface area contributed by atoms with Gasteiger partial charge in [0.2, 0.25) is 0 Å². The number of carbonyl (C=O) groups excluding carboxylic acids is 1. The van der Waals surface area contributed by atoms with Gasteiger partial charge in [0.05, 0.1) is 21.6 Å². The van der Waals surface area contributed by atoms with E-state index in [2.05, 4.69) is 0 Å². The topological polar surface area (TPSA) is 72.7 Å². The molecule has 126 valence electrons. The van der Waals surface area contributed by atoms with Crippen LogP contribution in [0.15, 0.2) is 12.1 Å². The van der Waals surface area contributed by atoms with Gasteiger partial charge in [-0.25, -0.2) is 4.79 Å². The average molecular weight is 341 g/mol. The molecule has 23 heavy (non-hydrogen) atoms. The second-order valence-corrected chi connectivity index (χ2v) is 6.48. The summed E-state index contributed by atoms with van der Waals surface area (Å²) in [4.78, 5) is 25.0. The summed E-state index contributed by atoms with van der Waals surface area (Å²) in [6.45, 7) is 6.19. The first kappa shape index (κ1) is 17.5. The summed E-state index contributed by atoms with van der Waals surface area (Å²) in [6, 6.07) is 2.89. The van der Waals surface area contributed by atoms with E-state index in [9.17, 15) is 14.9 Å². The molecule has 0 aromatic heterocycles. The van der Waals surface area contributed by atoms with Crippen molar-refractivity contribution in [1.82, 2.24) is 0 Å². The van der Waals surface area contributed by atoms with Gasteiger partial charge in [-0.15, -0.1) is 0 Å². The fraction of sp³-hybridized carbons (Fsp3) is 0.562. The highest BCUT2D eigenvalue weighted by Crippen LogP contribution is 2.40. The summed E-state index contributed by atoms with van der Waals surface area (Å²) >= 11 is 6.30. The predicted molar refractivity (Wildman–Crippen MR) is 89.3 cm³/mol. The van der Waals surface area contributed by atoms with Crippen LogP contribution in [0.4, 0.5) is 11.4 Å². The quantitative estimate of drug-likeness (QED) is 0.466. The lowest BCUT2D eigenvalue weighted by molar-refractivity contribution is -0.384. The van der Waals surface area contributed by atoms with E-state index in [4.69, 9.17) is 16.3 Å². The van der Waals surface area contributed by atoms with E-state index in [0.29, 0.717) is 5.69 Å². The van der Waals surface area contributed by atoms with Crippen LogP contribution >= 0.6 is 11.6 Å². The number of nitro benzene ring substituents is 1. The molecule has 0 radical (unpaired) electrons. The van der Waals surface area contributed by atoms with E-state index >= 15 is 0 Å². The van der Waals surface area contributed by atoms with Crippen LogP contribution in [0, 0.1) is 10.1 Å². The maximum atomic E-state index is 12.0. The number of esters is 1. The zero-order valence-electron chi connectivity index (χ0n) is 13.5. The Morgan fingerprint density at radius 1 is 1.43 bits per heavy atom. The van der Waals surface area contributed by atoms with E-state index in [1.165, 1.54) is 12.1 Å². The fourth-order valence-corrected chi connectivity index (χ4v) is 3.16. The minimum Gasteiger partial charge on any atom is -0.459 e. The van der Waals surface area contributed by atoms with Gasteiger partial charge in [-0.2, -0.15) is 0 Å². The van der Waals surface area contributed by atoms with Crippen LogP contribution in [0.1, 0.15) is 50.4 Å². The molecule has 1 heterocycles. The number of benzene rings is 1. The molecular weight excluding hydrogens is 320 g/mol. The van der Waals surface area contributed by atoms with Crippen molar-refractivity contribution >= 4 is 28.9 Å². The van der Waals surface area contributed by atoms with Crippen LogP contribution in [0.2, 0.25) is 5.02 Å². The van der Waals surface area contributed by atoms with Gasteiger partial charge >= 0.3 is 5.97 Å². The molecule has 0 saturated carbocycles. The number of nitro groups is 1. The molecule has 0 aliphatic carbocycles. The Hall–Kier alpha value is -1.82. The number of carbonyl (C=O) groups is 1. The van der Waals surface area contributed by atoms with E-state index in [-0.39, 0.29) is 28.4 Å². The zero-order valence-corrected chi connectivity index (χ0v) is 14.3. The third kappa shape index (κ3) is 3.93. The molecule has 1 saturated heterocycles. The molecular formula is C16H21ClN2O4. The van der Waals surface area contributed by atoms with Gasteiger partial charge in [0, 0.05) is 18.7 Å². The van der Waals surface area contributed by atoms with Gasteiger partial charge in [-0.1, -0.05) is 11.6 Å². The summed E-state index contributed by atoms with van der Waals surface area (Å²) < 4.78 is 5.10. The number of anilines is 1. The standard InChI is InChI=1S/C16H21ClN2O4/c1-10(2)23-16(20)12-8-13(17)15(14(9-12)19(21)22)18-7-5-4-6-11(18)3/h8-11H,4-7H2,1-3H3/t11-/m0/s1. The highest BCUT2D eigenvalue weighted by Gasteiger charge is 2.30. The monoisotopic (exact) mass is 340 g/mol. The molecule has 7 heteroatoms. The van der Waals surface area contributed by atoms with Crippen LogP contribution in [-0.4, -0.2) is 29.6 Å². The average Bonchev–Trinajstić information content (AvgIpc) is 2.46. The van der Waals surface area contributed by atoms with Gasteiger partial charge in [-0.3, -0.25) is 10.1 Å². The van der Waals surface area contributed by atoms with Crippen LogP contribution in [-0.2, 0) is 4.74 Å². The third-order valence-corrected chi connectivity index (χ3v) is 4.20. The van der Waals surface area contributed by atoms with Gasteiger partial charge in [0.25, 0.3) is 5.69 Å². The van der Waals surface area contributed by atoms with Crippen LogP contribution in [0.3, 0.4) is 0 Å². The molecule has 0 bridgehead atoms. The van der Waals surface area contributed by atoms with Gasteiger partial charge in [0.1, 0.15) is 5.69 Å². The number of rotatable bonds is 4. The van der Waals surface area contributed by atoms with Crippen molar-refractivity contribution in [3.05, 3.63) is 32.8 Å². The lowest BCUT2D eigenvalue weighted by Gasteiger charge is -2.35. The van der Waals surface area contributed by atoms with Crippen LogP contribution in [0.25, 0.3) is 0 Å². The number of piperidine rings is 1. The van der Waals surface area contributed by atoms with Crippen molar-refractivity contribution in [3.8, 4) is 0 Å². The molecule has 1 atom stereocenters. The first-order chi connectivity index (χ1) is 10.8. The van der Waals surface area contributed by atoms with Crippen LogP contribution < -0.4 is 4.90 Å². The van der Waals surface area contributed by atoms with E-state index in [1.807, 2.05) is 11.8 Å². The van der Waals surface area contributed by atoms with Gasteiger partial charge in [-0.05, 0) is 46.1 Å². The minimum atomic E-state index is -0.608. The van der Waals surface area contributed by atoms with E-state index < -0.39 is 10.9 Å². The first-order valence-corrected chi connectivity index (χ1v) is 8.14. The Morgan fingerprint density at radius 2 is 2.13 bits per heavy atom. The van der Waals surface area contributed by atoms with E-state index in [1.54, 1.807) is 13.8 Å². The Balaban J connectivity index is 2.47. The zero-order chi connectivity index (χ0) is 17.1. The molecule has 1 fully saturated rings. The largest absolute Gasteiger partial charge is 0.459 e. The third-order valence-electron chi connectivity index (χ3n) is 3.91. The van der Waals surface area contributed by atoms with Gasteiger partial charge < -0.3 is 9.64 Å². The highest BCUT2D eigenvalue weighted by molar-refractivity contribution is 6.34. The smallest absolute Gasteiger partial charge is 0.338 e. The number of ether oxygens (including phenoxy) is 1. The van der Waals surface area contributed by atoms with Crippen LogP contribution in [0.5, 0.6) is 0 Å². The maximum Gasteiger partial charge on any atom is 0.338 e. The molecule has 1 aromatic rings. The highest BCUT2D eigenvalue weighted by atomic mass is 35.5. The minimum absolute atomic E-state index is 0.101. The number of halogens is 1. The predicted octanol–water partition coefficient (Wildman–Crippen LogP) is 4.19. The van der Waals surface area contributed by atoms with Crippen molar-refractivity contribution in [1.29, 1.82) is 0 Å². The first-order valence-electron chi connectivity index (χ1n) is 7.76. The van der Waals surface area contributed by atoms with E-state index in [0.717, 1.165) is 25.8 Å². The number of nitrogens with zero attached hydrogens (tertiary/aromatic N) is 2. The Morgan fingerprint density at radius 3 is 2.70 bits per heavy atom. The molecule has 0 unspecified atom stereocenters. The maximum absolute atomic E-state index is 12.0. The molecule has 6 nitrogen and oxygen atoms in total. The summed E-state index contributed by atoms with van der Waals surface area (Å²) in [5.74, 6) is -0.608. The van der Waals surface area contributed by atoms with Crippen molar-refractivity contribution in [2.45, 2.75) is 52.2 Å². The molecule has 1 aliphatic rings. The second-order valence-electron chi connectivity index (χ2n) is 6.08. The molecule has 2 rings (SSSR count). The Bertz CT molecular complexity index is 618. The summed E-state index contributed by atoms with van der Waals surface area (Å²) in [5.41, 5.74) is 0.343. The molecule has 0 spiro atoms. The number of hydrogen-bond donors (Lipinski definition) is 0. The van der Waals surface area contributed by atoms with Crippen molar-refractivity contribution < 1.29 is 14.5 Å². The van der Waals surface area contributed by atoms with Crippen molar-refractivity contribution in [3.63, 3.8) is 0 Å². The molecule has 0 amide bonds. The van der Waals surface area contributed by atoms with Crippen molar-refractivity contribution in [2.24, 2.45) is 0 Å². The summed E-state index contributed by atoms with van der Waals surface area (Å²) in [6.07, 6.45) is 2.73. The molecule has 1 aromatic carbocycles. The number of hydrogen-bond acceptors (Lipinski definition) is 5. The Kier molecular flexibility index (Phi) is 5.46. The van der Waals surface area contributed by atoms with Gasteiger partial charge in [0.15, 0.2) is 0 Å². The summed E-state index contributed by atoms with van der Waals surface area (Å²) in [5, 5.41) is 11.7. The lowest BCUT2D eigenvalue weighted by Crippen LogP contribution is -2.38. The summed E-state index contributed by atoms with van der Waals surface area (Å²) in [7, 11) is 0. The fourth-order valence-electron chi connectivity index (χ4n) is 2.84. The lowest BCUT2D eigenvalue weighted by atomic mass is 10.0. The normalized spacial score (nSPS) is 18.1. The molecule has 0 N–H and O–H groups in total. The Labute approximate surface area is 140 Å². The SMILES string of the molecule is CC(C)OC(=O)c1cc(Cl)c(N2CCCC[C@@H]2C)c([N+](=O)[O-])c1. The second kappa shape index (κ2) is 7.17. The molecule has 1 aliphatic heterocycles.